The van der Waals surface area contributed by atoms with Gasteiger partial charge in [-0.2, -0.15) is 13.2 Å². The Kier molecular flexibility index (Phi) is 4.24. The van der Waals surface area contributed by atoms with Gasteiger partial charge < -0.3 is 10.1 Å². The maximum Gasteiger partial charge on any atom is 0.417 e. The van der Waals surface area contributed by atoms with E-state index in [1.807, 2.05) is 6.07 Å². The van der Waals surface area contributed by atoms with Crippen molar-refractivity contribution in [2.24, 2.45) is 0 Å². The summed E-state index contributed by atoms with van der Waals surface area (Å²) in [6.45, 7) is 0. The third-order valence-corrected chi connectivity index (χ3v) is 3.79. The minimum Gasteiger partial charge on any atom is -0.496 e. The minimum atomic E-state index is -4.51. The molecule has 1 N–H and O–H groups in total. The summed E-state index contributed by atoms with van der Waals surface area (Å²) in [5, 5.41) is 3.34. The second kappa shape index (κ2) is 6.20. The summed E-state index contributed by atoms with van der Waals surface area (Å²) in [6.07, 6.45) is -4.51. The number of hydrogen-bond acceptors (Lipinski definition) is 3. The Morgan fingerprint density at radius 3 is 2.58 bits per heavy atom. The van der Waals surface area contributed by atoms with Crippen molar-refractivity contribution in [3.63, 3.8) is 0 Å². The molecule has 0 unspecified atom stereocenters. The van der Waals surface area contributed by atoms with Gasteiger partial charge in [0.1, 0.15) is 11.6 Å². The molecule has 0 saturated heterocycles. The predicted octanol–water partition coefficient (Wildman–Crippen LogP) is 5.66. The number of pyridine rings is 1. The number of fused-ring (bicyclic) bond motifs is 1. The largest absolute Gasteiger partial charge is 0.496 e. The number of methoxy groups -OCH3 is 1. The lowest BCUT2D eigenvalue weighted by Gasteiger charge is -2.12. The molecule has 124 valence electrons. The summed E-state index contributed by atoms with van der Waals surface area (Å²) >= 11 is 5.62. The highest BCUT2D eigenvalue weighted by Crippen LogP contribution is 2.36. The van der Waals surface area contributed by atoms with Gasteiger partial charge in [0.15, 0.2) is 0 Å². The Balaban J connectivity index is 1.96. The third-order valence-electron chi connectivity index (χ3n) is 3.46. The number of benzene rings is 2. The molecule has 24 heavy (non-hydrogen) atoms. The topological polar surface area (TPSA) is 34.1 Å². The molecule has 0 aliphatic heterocycles. The van der Waals surface area contributed by atoms with Gasteiger partial charge >= 0.3 is 6.18 Å². The normalized spacial score (nSPS) is 11.5. The van der Waals surface area contributed by atoms with Gasteiger partial charge in [-0.15, -0.1) is 0 Å². The molecule has 0 bridgehead atoms. The summed E-state index contributed by atoms with van der Waals surface area (Å²) in [5.41, 5.74) is 0.0301. The maximum absolute atomic E-state index is 12.9. The average Bonchev–Trinajstić information content (AvgIpc) is 2.54. The number of rotatable bonds is 3. The summed E-state index contributed by atoms with van der Waals surface area (Å²) in [6, 6.07) is 12.5. The van der Waals surface area contributed by atoms with Gasteiger partial charge in [0.25, 0.3) is 0 Å². The van der Waals surface area contributed by atoms with Gasteiger partial charge in [0.2, 0.25) is 0 Å². The van der Waals surface area contributed by atoms with Crippen molar-refractivity contribution in [3.05, 3.63) is 59.1 Å². The molecule has 3 aromatic rings. The fourth-order valence-electron chi connectivity index (χ4n) is 2.34. The first-order chi connectivity index (χ1) is 11.4. The lowest BCUT2D eigenvalue weighted by molar-refractivity contribution is -0.137. The number of anilines is 2. The van der Waals surface area contributed by atoms with E-state index in [9.17, 15) is 13.2 Å². The Bertz CT molecular complexity index is 897. The fourth-order valence-corrected chi connectivity index (χ4v) is 2.57. The number of ether oxygens (including phenoxy) is 1. The quantitative estimate of drug-likeness (QED) is 0.660. The molecule has 0 atom stereocenters. The van der Waals surface area contributed by atoms with E-state index in [1.54, 1.807) is 31.4 Å². The Morgan fingerprint density at radius 1 is 1.08 bits per heavy atom. The first kappa shape index (κ1) is 16.4. The minimum absolute atomic E-state index is 0.251. The first-order valence-electron chi connectivity index (χ1n) is 6.96. The van der Waals surface area contributed by atoms with Gasteiger partial charge in [-0.3, -0.25) is 0 Å². The number of nitrogens with one attached hydrogen (secondary N) is 1. The van der Waals surface area contributed by atoms with E-state index in [0.29, 0.717) is 17.1 Å². The van der Waals surface area contributed by atoms with Crippen LogP contribution in [0.5, 0.6) is 5.75 Å². The molecular weight excluding hydrogens is 341 g/mol. The van der Waals surface area contributed by atoms with Gasteiger partial charge in [-0.05, 0) is 42.5 Å². The average molecular weight is 353 g/mol. The van der Waals surface area contributed by atoms with Crippen molar-refractivity contribution in [2.75, 3.05) is 12.4 Å². The molecule has 0 spiro atoms. The van der Waals surface area contributed by atoms with Crippen LogP contribution in [0.4, 0.5) is 24.7 Å². The van der Waals surface area contributed by atoms with Crippen LogP contribution >= 0.6 is 11.6 Å². The molecule has 0 amide bonds. The van der Waals surface area contributed by atoms with Crippen LogP contribution in [0.3, 0.4) is 0 Å². The number of halogens is 4. The van der Waals surface area contributed by atoms with Crippen molar-refractivity contribution in [3.8, 4) is 5.75 Å². The van der Waals surface area contributed by atoms with Gasteiger partial charge in [-0.25, -0.2) is 4.98 Å². The van der Waals surface area contributed by atoms with E-state index < -0.39 is 11.7 Å². The third kappa shape index (κ3) is 3.23. The Labute approximate surface area is 141 Å². The predicted molar refractivity (Wildman–Crippen MR) is 88.0 cm³/mol. The van der Waals surface area contributed by atoms with Crippen LogP contribution in [0.2, 0.25) is 5.02 Å². The van der Waals surface area contributed by atoms with Crippen LogP contribution in [0.1, 0.15) is 5.56 Å². The summed E-state index contributed by atoms with van der Waals surface area (Å²) in [7, 11) is 1.56. The van der Waals surface area contributed by atoms with Gasteiger partial charge in [0, 0.05) is 11.1 Å². The lowest BCUT2D eigenvalue weighted by Crippen LogP contribution is -2.06. The number of alkyl halides is 3. The van der Waals surface area contributed by atoms with Crippen LogP contribution in [-0.2, 0) is 6.18 Å². The maximum atomic E-state index is 12.9. The Hall–Kier alpha value is -2.47. The molecule has 7 heteroatoms. The van der Waals surface area contributed by atoms with Crippen molar-refractivity contribution in [1.82, 2.24) is 4.98 Å². The van der Waals surface area contributed by atoms with E-state index in [-0.39, 0.29) is 10.7 Å². The summed E-state index contributed by atoms with van der Waals surface area (Å²) in [4.78, 5) is 4.39. The van der Waals surface area contributed by atoms with E-state index in [0.717, 1.165) is 11.5 Å². The van der Waals surface area contributed by atoms with Crippen LogP contribution in [0.15, 0.2) is 48.5 Å². The monoisotopic (exact) mass is 352 g/mol. The van der Waals surface area contributed by atoms with Crippen molar-refractivity contribution in [1.29, 1.82) is 0 Å². The SMILES string of the molecule is COc1cccc2nc(Nc3ccc(Cl)c(C(F)(F)F)c3)ccc12. The molecule has 3 rings (SSSR count). The molecule has 1 heterocycles. The summed E-state index contributed by atoms with van der Waals surface area (Å²) in [5.74, 6) is 1.10. The van der Waals surface area contributed by atoms with Crippen molar-refractivity contribution in [2.45, 2.75) is 6.18 Å². The molecule has 0 fully saturated rings. The van der Waals surface area contributed by atoms with E-state index >= 15 is 0 Å². The first-order valence-corrected chi connectivity index (χ1v) is 7.34. The highest BCUT2D eigenvalue weighted by Gasteiger charge is 2.33. The smallest absolute Gasteiger partial charge is 0.417 e. The van der Waals surface area contributed by atoms with Gasteiger partial charge in [-0.1, -0.05) is 17.7 Å². The highest BCUT2D eigenvalue weighted by molar-refractivity contribution is 6.31. The second-order valence-corrected chi connectivity index (χ2v) is 5.45. The molecule has 0 aliphatic rings. The van der Waals surface area contributed by atoms with E-state index in [2.05, 4.69) is 10.3 Å². The molecule has 3 nitrogen and oxygen atoms in total. The number of hydrogen-bond donors (Lipinski definition) is 1. The second-order valence-electron chi connectivity index (χ2n) is 5.04. The fraction of sp³-hybridized carbons (Fsp3) is 0.118. The van der Waals surface area contributed by atoms with E-state index in [1.165, 1.54) is 12.1 Å². The standard InChI is InChI=1S/C17H12ClF3N2O/c1-24-15-4-2-3-14-11(15)6-8-16(23-14)22-10-5-7-13(18)12(9-10)17(19,20)21/h2-9H,1H3,(H,22,23). The van der Waals surface area contributed by atoms with Crippen molar-refractivity contribution < 1.29 is 17.9 Å². The molecule has 0 saturated carbocycles. The number of aromatic nitrogens is 1. The molecule has 2 aromatic carbocycles. The Morgan fingerprint density at radius 2 is 1.88 bits per heavy atom. The highest BCUT2D eigenvalue weighted by atomic mass is 35.5. The lowest BCUT2D eigenvalue weighted by atomic mass is 10.2. The summed E-state index contributed by atoms with van der Waals surface area (Å²) < 4.78 is 44.0. The van der Waals surface area contributed by atoms with Crippen molar-refractivity contribution >= 4 is 34.0 Å². The zero-order chi connectivity index (χ0) is 17.3. The van der Waals surface area contributed by atoms with E-state index in [4.69, 9.17) is 16.3 Å². The number of nitrogens with zero attached hydrogens (tertiary/aromatic N) is 1. The van der Waals surface area contributed by atoms with Crippen LogP contribution in [0, 0.1) is 0 Å². The zero-order valence-electron chi connectivity index (χ0n) is 12.5. The molecule has 1 aromatic heterocycles. The molecular formula is C17H12ClF3N2O. The van der Waals surface area contributed by atoms with Crippen LogP contribution in [-0.4, -0.2) is 12.1 Å². The zero-order valence-corrected chi connectivity index (χ0v) is 13.2. The molecule has 0 radical (unpaired) electrons. The van der Waals surface area contributed by atoms with Crippen LogP contribution in [0.25, 0.3) is 10.9 Å². The molecule has 0 aliphatic carbocycles. The van der Waals surface area contributed by atoms with Crippen LogP contribution < -0.4 is 10.1 Å². The van der Waals surface area contributed by atoms with Gasteiger partial charge in [0.05, 0.1) is 23.2 Å².